The average Bonchev–Trinajstić information content (AvgIpc) is 2.38. The first-order chi connectivity index (χ1) is 8.59. The van der Waals surface area contributed by atoms with Crippen LogP contribution in [0.2, 0.25) is 0 Å². The molecule has 18 heavy (non-hydrogen) atoms. The molecule has 1 atom stereocenters. The largest absolute Gasteiger partial charge is 0.364 e. The topological polar surface area (TPSA) is 76.3 Å². The Bertz CT molecular complexity index is 456. The molecule has 2 heterocycles. The number of carbonyl (C=O) groups is 2. The minimum absolute atomic E-state index is 0.0225. The van der Waals surface area contributed by atoms with Gasteiger partial charge in [-0.15, -0.1) is 0 Å². The molecule has 1 unspecified atom stereocenters. The minimum atomic E-state index is -0.583. The Morgan fingerprint density at radius 2 is 2.17 bits per heavy atom. The van der Waals surface area contributed by atoms with Crippen LogP contribution in [0.3, 0.4) is 0 Å². The molecule has 2 rings (SSSR count). The van der Waals surface area contributed by atoms with Crippen molar-refractivity contribution < 1.29 is 9.59 Å². The summed E-state index contributed by atoms with van der Waals surface area (Å²) in [7, 11) is 0. The van der Waals surface area contributed by atoms with E-state index in [2.05, 4.69) is 11.9 Å². The number of likely N-dealkylation sites (tertiary alicyclic amines) is 1. The standard InChI is InChI=1S/C13H17N3O2/c1-9-4-2-3-7-16(9)13(18)10-5-6-11(12(14)17)15-8-10/h5-6,8-9H,2-4,7H2,1H3,(H2,14,17). The van der Waals surface area contributed by atoms with Gasteiger partial charge in [0.2, 0.25) is 0 Å². The van der Waals surface area contributed by atoms with Crippen molar-refractivity contribution in [2.45, 2.75) is 32.2 Å². The Balaban J connectivity index is 2.15. The molecular formula is C13H17N3O2. The highest BCUT2D eigenvalue weighted by molar-refractivity contribution is 5.96. The van der Waals surface area contributed by atoms with Crippen LogP contribution in [-0.4, -0.2) is 34.3 Å². The zero-order chi connectivity index (χ0) is 13.1. The molecule has 2 N–H and O–H groups in total. The molecule has 1 fully saturated rings. The van der Waals surface area contributed by atoms with Gasteiger partial charge in [-0.25, -0.2) is 0 Å². The van der Waals surface area contributed by atoms with Crippen LogP contribution < -0.4 is 5.73 Å². The summed E-state index contributed by atoms with van der Waals surface area (Å²) in [5, 5.41) is 0. The molecule has 0 bridgehead atoms. The Kier molecular flexibility index (Phi) is 3.60. The van der Waals surface area contributed by atoms with Crippen molar-refractivity contribution in [1.82, 2.24) is 9.88 Å². The maximum absolute atomic E-state index is 12.3. The van der Waals surface area contributed by atoms with Crippen LogP contribution in [0.15, 0.2) is 18.3 Å². The smallest absolute Gasteiger partial charge is 0.267 e. The predicted molar refractivity (Wildman–Crippen MR) is 67.1 cm³/mol. The number of carbonyl (C=O) groups excluding carboxylic acids is 2. The number of nitrogens with two attached hydrogens (primary N) is 1. The molecule has 0 spiro atoms. The molecule has 1 aromatic heterocycles. The van der Waals surface area contributed by atoms with Crippen LogP contribution in [0.4, 0.5) is 0 Å². The summed E-state index contributed by atoms with van der Waals surface area (Å²) in [6.07, 6.45) is 4.68. The number of piperidine rings is 1. The van der Waals surface area contributed by atoms with Crippen LogP contribution >= 0.6 is 0 Å². The van der Waals surface area contributed by atoms with Crippen molar-refractivity contribution in [2.24, 2.45) is 5.73 Å². The number of aromatic nitrogens is 1. The van der Waals surface area contributed by atoms with Crippen molar-refractivity contribution in [3.05, 3.63) is 29.6 Å². The molecule has 1 aliphatic rings. The lowest BCUT2D eigenvalue weighted by Crippen LogP contribution is -2.42. The second kappa shape index (κ2) is 5.16. The highest BCUT2D eigenvalue weighted by Crippen LogP contribution is 2.18. The summed E-state index contributed by atoms with van der Waals surface area (Å²) < 4.78 is 0. The Morgan fingerprint density at radius 3 is 2.72 bits per heavy atom. The molecule has 2 amide bonds. The van der Waals surface area contributed by atoms with E-state index in [4.69, 9.17) is 5.73 Å². The van der Waals surface area contributed by atoms with Crippen LogP contribution in [-0.2, 0) is 0 Å². The highest BCUT2D eigenvalue weighted by Gasteiger charge is 2.24. The molecule has 0 aromatic carbocycles. The summed E-state index contributed by atoms with van der Waals surface area (Å²) in [6.45, 7) is 2.85. The van der Waals surface area contributed by atoms with Crippen molar-refractivity contribution in [3.63, 3.8) is 0 Å². The first-order valence-corrected chi connectivity index (χ1v) is 6.16. The van der Waals surface area contributed by atoms with Crippen molar-refractivity contribution in [2.75, 3.05) is 6.54 Å². The van der Waals surface area contributed by atoms with E-state index in [0.29, 0.717) is 5.56 Å². The fourth-order valence-corrected chi connectivity index (χ4v) is 2.23. The van der Waals surface area contributed by atoms with E-state index >= 15 is 0 Å². The number of amides is 2. The molecule has 0 radical (unpaired) electrons. The fraction of sp³-hybridized carbons (Fsp3) is 0.462. The van der Waals surface area contributed by atoms with Gasteiger partial charge in [0.15, 0.2) is 0 Å². The van der Waals surface area contributed by atoms with E-state index in [-0.39, 0.29) is 17.6 Å². The number of rotatable bonds is 2. The monoisotopic (exact) mass is 247 g/mol. The lowest BCUT2D eigenvalue weighted by atomic mass is 10.0. The van der Waals surface area contributed by atoms with Gasteiger partial charge in [-0.05, 0) is 38.3 Å². The first kappa shape index (κ1) is 12.5. The second-order valence-corrected chi connectivity index (χ2v) is 4.64. The van der Waals surface area contributed by atoms with Gasteiger partial charge in [-0.2, -0.15) is 0 Å². The third kappa shape index (κ3) is 2.50. The number of hydrogen-bond donors (Lipinski definition) is 1. The third-order valence-corrected chi connectivity index (χ3v) is 3.33. The van der Waals surface area contributed by atoms with Gasteiger partial charge >= 0.3 is 0 Å². The summed E-state index contributed by atoms with van der Waals surface area (Å²) in [4.78, 5) is 28.9. The van der Waals surface area contributed by atoms with E-state index < -0.39 is 5.91 Å². The van der Waals surface area contributed by atoms with Crippen LogP contribution in [0.5, 0.6) is 0 Å². The molecular weight excluding hydrogens is 230 g/mol. The summed E-state index contributed by atoms with van der Waals surface area (Å²) >= 11 is 0. The van der Waals surface area contributed by atoms with Crippen molar-refractivity contribution in [3.8, 4) is 0 Å². The molecule has 1 aliphatic heterocycles. The molecule has 5 nitrogen and oxygen atoms in total. The molecule has 5 heteroatoms. The number of primary amides is 1. The van der Waals surface area contributed by atoms with Gasteiger partial charge in [0, 0.05) is 18.8 Å². The highest BCUT2D eigenvalue weighted by atomic mass is 16.2. The van der Waals surface area contributed by atoms with E-state index in [9.17, 15) is 9.59 Å². The fourth-order valence-electron chi connectivity index (χ4n) is 2.23. The quantitative estimate of drug-likeness (QED) is 0.853. The van der Waals surface area contributed by atoms with Crippen molar-refractivity contribution in [1.29, 1.82) is 0 Å². The number of pyridine rings is 1. The maximum Gasteiger partial charge on any atom is 0.267 e. The van der Waals surface area contributed by atoms with Gasteiger partial charge in [0.1, 0.15) is 5.69 Å². The SMILES string of the molecule is CC1CCCCN1C(=O)c1ccc(C(N)=O)nc1. The molecule has 0 aliphatic carbocycles. The Morgan fingerprint density at radius 1 is 1.39 bits per heavy atom. The van der Waals surface area contributed by atoms with E-state index in [1.165, 1.54) is 18.7 Å². The molecule has 0 saturated carbocycles. The van der Waals surface area contributed by atoms with Gasteiger partial charge in [-0.3, -0.25) is 14.6 Å². The zero-order valence-corrected chi connectivity index (χ0v) is 10.4. The maximum atomic E-state index is 12.3. The van der Waals surface area contributed by atoms with Crippen LogP contribution in [0.1, 0.15) is 47.0 Å². The Labute approximate surface area is 106 Å². The van der Waals surface area contributed by atoms with E-state index in [1.54, 1.807) is 6.07 Å². The average molecular weight is 247 g/mol. The minimum Gasteiger partial charge on any atom is -0.364 e. The van der Waals surface area contributed by atoms with Crippen LogP contribution in [0, 0.1) is 0 Å². The van der Waals surface area contributed by atoms with E-state index in [0.717, 1.165) is 19.4 Å². The summed E-state index contributed by atoms with van der Waals surface area (Å²) in [5.74, 6) is -0.606. The molecule has 1 saturated heterocycles. The zero-order valence-electron chi connectivity index (χ0n) is 10.4. The summed E-state index contributed by atoms with van der Waals surface area (Å²) in [6, 6.07) is 3.36. The second-order valence-electron chi connectivity index (χ2n) is 4.64. The lowest BCUT2D eigenvalue weighted by Gasteiger charge is -2.33. The molecule has 1 aromatic rings. The summed E-state index contributed by atoms with van der Waals surface area (Å²) in [5.41, 5.74) is 5.80. The normalized spacial score (nSPS) is 19.6. The first-order valence-electron chi connectivity index (χ1n) is 6.16. The van der Waals surface area contributed by atoms with Gasteiger partial charge in [0.25, 0.3) is 11.8 Å². The third-order valence-electron chi connectivity index (χ3n) is 3.33. The van der Waals surface area contributed by atoms with Crippen molar-refractivity contribution >= 4 is 11.8 Å². The van der Waals surface area contributed by atoms with Crippen LogP contribution in [0.25, 0.3) is 0 Å². The predicted octanol–water partition coefficient (Wildman–Crippen LogP) is 1.20. The van der Waals surface area contributed by atoms with Gasteiger partial charge < -0.3 is 10.6 Å². The van der Waals surface area contributed by atoms with Gasteiger partial charge in [-0.1, -0.05) is 0 Å². The molecule has 96 valence electrons. The lowest BCUT2D eigenvalue weighted by molar-refractivity contribution is 0.0634. The van der Waals surface area contributed by atoms with Gasteiger partial charge in [0.05, 0.1) is 5.56 Å². The number of nitrogens with zero attached hydrogens (tertiary/aromatic N) is 2. The van der Waals surface area contributed by atoms with E-state index in [1.807, 2.05) is 4.90 Å². The Hall–Kier alpha value is -1.91. The number of hydrogen-bond acceptors (Lipinski definition) is 3.